The number of piperazine rings is 1. The van der Waals surface area contributed by atoms with Crippen molar-refractivity contribution in [2.75, 3.05) is 44.7 Å². The van der Waals surface area contributed by atoms with Crippen LogP contribution in [-0.2, 0) is 0 Å². The predicted octanol–water partition coefficient (Wildman–Crippen LogP) is 0.239. The molecule has 4 N–H and O–H groups in total. The fourth-order valence-corrected chi connectivity index (χ4v) is 1.95. The zero-order valence-electron chi connectivity index (χ0n) is 10.0. The van der Waals surface area contributed by atoms with Crippen LogP contribution in [0.3, 0.4) is 0 Å². The molecule has 1 aromatic carbocycles. The molecule has 0 spiro atoms. The van der Waals surface area contributed by atoms with Crippen LogP contribution in [0.25, 0.3) is 0 Å². The highest BCUT2D eigenvalue weighted by Crippen LogP contribution is 2.21. The second-order valence-electron chi connectivity index (χ2n) is 4.40. The lowest BCUT2D eigenvalue weighted by atomic mass is 10.1. The van der Waals surface area contributed by atoms with Crippen LogP contribution in [0.5, 0.6) is 0 Å². The summed E-state index contributed by atoms with van der Waals surface area (Å²) in [6.45, 7) is 3.27. The maximum absolute atomic E-state index is 12.3. The molecule has 0 unspecified atom stereocenters. The molecule has 1 aromatic rings. The predicted molar refractivity (Wildman–Crippen MR) is 68.7 cm³/mol. The number of amides is 1. The first kappa shape index (κ1) is 11.7. The molecular formula is C12H18N4O. The zero-order chi connectivity index (χ0) is 12.4. The molecule has 5 nitrogen and oxygen atoms in total. The number of rotatable bonds is 1. The number of carbonyl (C=O) groups is 1. The van der Waals surface area contributed by atoms with Gasteiger partial charge < -0.3 is 21.3 Å². The van der Waals surface area contributed by atoms with Gasteiger partial charge in [0.05, 0.1) is 16.9 Å². The van der Waals surface area contributed by atoms with Gasteiger partial charge in [0.15, 0.2) is 0 Å². The first-order valence-electron chi connectivity index (χ1n) is 5.71. The van der Waals surface area contributed by atoms with Crippen LogP contribution in [0.4, 0.5) is 11.4 Å². The van der Waals surface area contributed by atoms with Crippen LogP contribution in [0.15, 0.2) is 18.2 Å². The van der Waals surface area contributed by atoms with Gasteiger partial charge >= 0.3 is 0 Å². The molecule has 0 bridgehead atoms. The summed E-state index contributed by atoms with van der Waals surface area (Å²) >= 11 is 0. The summed E-state index contributed by atoms with van der Waals surface area (Å²) in [6, 6.07) is 5.19. The van der Waals surface area contributed by atoms with Gasteiger partial charge in [0, 0.05) is 26.2 Å². The lowest BCUT2D eigenvalue weighted by Gasteiger charge is -2.32. The summed E-state index contributed by atoms with van der Waals surface area (Å²) in [5.74, 6) is -0.0251. The third-order valence-corrected chi connectivity index (χ3v) is 3.16. The first-order valence-corrected chi connectivity index (χ1v) is 5.71. The van der Waals surface area contributed by atoms with Crippen LogP contribution in [-0.4, -0.2) is 48.9 Å². The Morgan fingerprint density at radius 3 is 2.47 bits per heavy atom. The Morgan fingerprint density at radius 2 is 1.82 bits per heavy atom. The molecule has 1 saturated heterocycles. The number of anilines is 2. The van der Waals surface area contributed by atoms with Gasteiger partial charge in [-0.3, -0.25) is 4.79 Å². The number of carbonyl (C=O) groups excluding carboxylic acids is 1. The van der Waals surface area contributed by atoms with E-state index in [1.807, 2.05) is 4.90 Å². The number of para-hydroxylation sites is 1. The molecule has 1 aliphatic heterocycles. The standard InChI is InChI=1S/C12H18N4O/c1-15-5-7-16(8-6-15)12(17)9-3-2-4-10(13)11(9)14/h2-4H,5-8,13-14H2,1H3. The van der Waals surface area contributed by atoms with Crippen molar-refractivity contribution in [1.29, 1.82) is 0 Å². The highest BCUT2D eigenvalue weighted by molar-refractivity contribution is 6.01. The van der Waals surface area contributed by atoms with Gasteiger partial charge in [-0.05, 0) is 19.2 Å². The maximum Gasteiger partial charge on any atom is 0.256 e. The Hall–Kier alpha value is -1.75. The number of hydrogen-bond donors (Lipinski definition) is 2. The maximum atomic E-state index is 12.3. The Balaban J connectivity index is 2.17. The molecule has 0 radical (unpaired) electrons. The lowest BCUT2D eigenvalue weighted by Crippen LogP contribution is -2.47. The van der Waals surface area contributed by atoms with Gasteiger partial charge in [-0.25, -0.2) is 0 Å². The molecule has 1 fully saturated rings. The van der Waals surface area contributed by atoms with Crippen LogP contribution in [0.2, 0.25) is 0 Å². The monoisotopic (exact) mass is 234 g/mol. The molecule has 2 rings (SSSR count). The molecule has 1 amide bonds. The molecular weight excluding hydrogens is 216 g/mol. The van der Waals surface area contributed by atoms with E-state index in [2.05, 4.69) is 11.9 Å². The summed E-state index contributed by atoms with van der Waals surface area (Å²) in [7, 11) is 2.05. The van der Waals surface area contributed by atoms with E-state index in [1.165, 1.54) is 0 Å². The molecule has 0 aliphatic carbocycles. The Labute approximate surface area is 101 Å². The van der Waals surface area contributed by atoms with Crippen LogP contribution in [0.1, 0.15) is 10.4 Å². The van der Waals surface area contributed by atoms with E-state index < -0.39 is 0 Å². The zero-order valence-corrected chi connectivity index (χ0v) is 10.0. The number of hydrogen-bond acceptors (Lipinski definition) is 4. The Bertz CT molecular complexity index is 425. The van der Waals surface area contributed by atoms with Crippen molar-refractivity contribution in [2.24, 2.45) is 0 Å². The van der Waals surface area contributed by atoms with Crippen LogP contribution in [0, 0.1) is 0 Å². The first-order chi connectivity index (χ1) is 8.09. The average molecular weight is 234 g/mol. The van der Waals surface area contributed by atoms with Crippen molar-refractivity contribution >= 4 is 17.3 Å². The third-order valence-electron chi connectivity index (χ3n) is 3.16. The average Bonchev–Trinajstić information content (AvgIpc) is 2.33. The Kier molecular flexibility index (Phi) is 3.19. The van der Waals surface area contributed by atoms with Crippen molar-refractivity contribution in [1.82, 2.24) is 9.80 Å². The van der Waals surface area contributed by atoms with Crippen molar-refractivity contribution in [2.45, 2.75) is 0 Å². The van der Waals surface area contributed by atoms with Gasteiger partial charge in [-0.15, -0.1) is 0 Å². The van der Waals surface area contributed by atoms with Gasteiger partial charge in [0.1, 0.15) is 0 Å². The van der Waals surface area contributed by atoms with Gasteiger partial charge in [0.25, 0.3) is 5.91 Å². The van der Waals surface area contributed by atoms with E-state index in [1.54, 1.807) is 18.2 Å². The van der Waals surface area contributed by atoms with Crippen molar-refractivity contribution in [3.05, 3.63) is 23.8 Å². The molecule has 0 atom stereocenters. The minimum atomic E-state index is -0.0251. The van der Waals surface area contributed by atoms with Gasteiger partial charge in [-0.1, -0.05) is 6.07 Å². The van der Waals surface area contributed by atoms with Gasteiger partial charge in [-0.2, -0.15) is 0 Å². The second-order valence-corrected chi connectivity index (χ2v) is 4.40. The van der Waals surface area contributed by atoms with E-state index in [-0.39, 0.29) is 5.91 Å². The molecule has 0 saturated carbocycles. The summed E-state index contributed by atoms with van der Waals surface area (Å²) in [5, 5.41) is 0. The molecule has 0 aromatic heterocycles. The number of benzene rings is 1. The molecule has 5 heteroatoms. The molecule has 1 heterocycles. The topological polar surface area (TPSA) is 75.6 Å². The quantitative estimate of drug-likeness (QED) is 0.682. The molecule has 17 heavy (non-hydrogen) atoms. The number of nitrogens with zero attached hydrogens (tertiary/aromatic N) is 2. The minimum absolute atomic E-state index is 0.0251. The van der Waals surface area contributed by atoms with E-state index in [0.29, 0.717) is 16.9 Å². The fraction of sp³-hybridized carbons (Fsp3) is 0.417. The smallest absolute Gasteiger partial charge is 0.256 e. The van der Waals surface area contributed by atoms with Crippen molar-refractivity contribution in [3.8, 4) is 0 Å². The Morgan fingerprint density at radius 1 is 1.18 bits per heavy atom. The number of likely N-dealkylation sites (N-methyl/N-ethyl adjacent to an activating group) is 1. The number of nitrogen functional groups attached to an aromatic ring is 2. The second kappa shape index (κ2) is 4.63. The lowest BCUT2D eigenvalue weighted by molar-refractivity contribution is 0.0665. The fourth-order valence-electron chi connectivity index (χ4n) is 1.95. The van der Waals surface area contributed by atoms with Crippen molar-refractivity contribution in [3.63, 3.8) is 0 Å². The van der Waals surface area contributed by atoms with Crippen molar-refractivity contribution < 1.29 is 4.79 Å². The summed E-state index contributed by atoms with van der Waals surface area (Å²) < 4.78 is 0. The van der Waals surface area contributed by atoms with E-state index >= 15 is 0 Å². The summed E-state index contributed by atoms with van der Waals surface area (Å²) in [4.78, 5) is 16.3. The van der Waals surface area contributed by atoms with E-state index in [9.17, 15) is 4.79 Å². The minimum Gasteiger partial charge on any atom is -0.397 e. The number of nitrogens with two attached hydrogens (primary N) is 2. The summed E-state index contributed by atoms with van der Waals surface area (Å²) in [6.07, 6.45) is 0. The summed E-state index contributed by atoms with van der Waals surface area (Å²) in [5.41, 5.74) is 12.9. The molecule has 1 aliphatic rings. The van der Waals surface area contributed by atoms with Gasteiger partial charge in [0.2, 0.25) is 0 Å². The SMILES string of the molecule is CN1CCN(C(=O)c2cccc(N)c2N)CC1. The highest BCUT2D eigenvalue weighted by atomic mass is 16.2. The highest BCUT2D eigenvalue weighted by Gasteiger charge is 2.22. The molecule has 92 valence electrons. The normalized spacial score (nSPS) is 17.1. The largest absolute Gasteiger partial charge is 0.397 e. The van der Waals surface area contributed by atoms with Crippen LogP contribution < -0.4 is 11.5 Å². The van der Waals surface area contributed by atoms with E-state index in [0.717, 1.165) is 26.2 Å². The third kappa shape index (κ3) is 2.34. The van der Waals surface area contributed by atoms with E-state index in [4.69, 9.17) is 11.5 Å². The van der Waals surface area contributed by atoms with Crippen LogP contribution >= 0.6 is 0 Å².